The molecule has 0 aromatic carbocycles. The second kappa shape index (κ2) is 9.36. The molecule has 7 N–H and O–H groups in total. The molecule has 10 atom stereocenters. The maximum absolute atomic E-state index is 10.3. The average molecular weight is 380 g/mol. The summed E-state index contributed by atoms with van der Waals surface area (Å²) in [6.07, 6.45) is -9.78. The highest BCUT2D eigenvalue weighted by Gasteiger charge is 2.50. The Hall–Kier alpha value is -0.880. The van der Waals surface area contributed by atoms with Crippen LogP contribution in [0.3, 0.4) is 0 Å². The van der Waals surface area contributed by atoms with E-state index in [1.807, 2.05) is 0 Å². The largest absolute Gasteiger partial charge is 0.394 e. The summed E-state index contributed by atoms with van der Waals surface area (Å²) in [4.78, 5) is 0. The van der Waals surface area contributed by atoms with Crippen molar-refractivity contribution in [3.05, 3.63) is 0 Å². The highest BCUT2D eigenvalue weighted by molar-refractivity contribution is 4.94. The first-order valence-electron chi connectivity index (χ1n) is 7.99. The van der Waals surface area contributed by atoms with Crippen LogP contribution in [0.4, 0.5) is 0 Å². The van der Waals surface area contributed by atoms with Gasteiger partial charge in [-0.2, -0.15) is 0 Å². The van der Waals surface area contributed by atoms with Gasteiger partial charge in [0, 0.05) is 0 Å². The van der Waals surface area contributed by atoms with Gasteiger partial charge in [-0.05, 0) is 0 Å². The van der Waals surface area contributed by atoms with Crippen molar-refractivity contribution in [1.29, 1.82) is 0 Å². The molecule has 2 aliphatic rings. The van der Waals surface area contributed by atoms with Crippen molar-refractivity contribution in [2.75, 3.05) is 19.8 Å². The number of aliphatic hydroxyl groups excluding tert-OH is 7. The van der Waals surface area contributed by atoms with Crippen LogP contribution in [-0.4, -0.2) is 117 Å². The molecule has 2 fully saturated rings. The van der Waals surface area contributed by atoms with Gasteiger partial charge in [-0.15, -0.1) is 6.42 Å². The number of hydrogen-bond acceptors (Lipinski definition) is 11. The van der Waals surface area contributed by atoms with Crippen LogP contribution >= 0.6 is 0 Å². The van der Waals surface area contributed by atoms with Crippen LogP contribution in [0.5, 0.6) is 0 Å². The normalized spacial score (nSPS) is 46.7. The molecule has 0 radical (unpaired) electrons. The smallest absolute Gasteiger partial charge is 0.187 e. The van der Waals surface area contributed by atoms with Crippen LogP contribution in [0.1, 0.15) is 0 Å². The van der Waals surface area contributed by atoms with Gasteiger partial charge in [0.15, 0.2) is 12.6 Å². The summed E-state index contributed by atoms with van der Waals surface area (Å²) in [5, 5.41) is 68.5. The minimum absolute atomic E-state index is 0.204. The Balaban J connectivity index is 2.10. The quantitative estimate of drug-likeness (QED) is 0.220. The van der Waals surface area contributed by atoms with E-state index in [1.54, 1.807) is 0 Å². The minimum atomic E-state index is -1.72. The van der Waals surface area contributed by atoms with Gasteiger partial charge in [0.05, 0.1) is 13.2 Å². The van der Waals surface area contributed by atoms with E-state index in [9.17, 15) is 35.7 Å². The molecule has 2 saturated heterocycles. The molecule has 0 aromatic rings. The van der Waals surface area contributed by atoms with Crippen LogP contribution in [-0.2, 0) is 18.9 Å². The molecule has 0 amide bonds. The lowest BCUT2D eigenvalue weighted by atomic mass is 9.97. The van der Waals surface area contributed by atoms with E-state index < -0.39 is 74.6 Å². The third-order valence-corrected chi connectivity index (χ3v) is 4.29. The van der Waals surface area contributed by atoms with Crippen molar-refractivity contribution in [3.63, 3.8) is 0 Å². The lowest BCUT2D eigenvalue weighted by Crippen LogP contribution is -2.64. The maximum Gasteiger partial charge on any atom is 0.187 e. The highest BCUT2D eigenvalue weighted by atomic mass is 16.7. The van der Waals surface area contributed by atoms with Gasteiger partial charge < -0.3 is 54.7 Å². The molecule has 11 nitrogen and oxygen atoms in total. The molecule has 0 aliphatic carbocycles. The fourth-order valence-corrected chi connectivity index (χ4v) is 2.82. The van der Waals surface area contributed by atoms with Crippen LogP contribution in [0.2, 0.25) is 0 Å². The Morgan fingerprint density at radius 2 is 1.35 bits per heavy atom. The van der Waals surface area contributed by atoms with Crippen LogP contribution in [0.25, 0.3) is 0 Å². The van der Waals surface area contributed by atoms with Crippen molar-refractivity contribution in [1.82, 2.24) is 0 Å². The summed E-state index contributed by atoms with van der Waals surface area (Å²) in [6, 6.07) is 0. The molecule has 11 heteroatoms. The van der Waals surface area contributed by atoms with Crippen molar-refractivity contribution < 1.29 is 54.7 Å². The zero-order chi connectivity index (χ0) is 19.4. The number of hydrogen-bond donors (Lipinski definition) is 7. The topological polar surface area (TPSA) is 179 Å². The number of rotatable bonds is 6. The Bertz CT molecular complexity index is 479. The fourth-order valence-electron chi connectivity index (χ4n) is 2.82. The van der Waals surface area contributed by atoms with Gasteiger partial charge in [0.25, 0.3) is 0 Å². The van der Waals surface area contributed by atoms with E-state index >= 15 is 0 Å². The third kappa shape index (κ3) is 4.33. The summed E-state index contributed by atoms with van der Waals surface area (Å²) in [6.45, 7) is -1.50. The van der Waals surface area contributed by atoms with Crippen molar-refractivity contribution in [2.45, 2.75) is 61.4 Å². The van der Waals surface area contributed by atoms with E-state index in [4.69, 9.17) is 25.4 Å². The predicted molar refractivity (Wildman–Crippen MR) is 81.2 cm³/mol. The van der Waals surface area contributed by atoms with Gasteiger partial charge in [0.1, 0.15) is 55.4 Å². The standard InChI is InChI=1S/C15H24O11/c1-2-3-23-14-12(22)10(20)13(7(5-17)25-14)26-15-11(21)9(19)8(18)6(4-16)24-15/h1,6-22H,3-5H2/t6-,7-,8+,9+,10-,11-,12-,13-,14+,15+/m1/s1. The van der Waals surface area contributed by atoms with Crippen molar-refractivity contribution in [3.8, 4) is 12.3 Å². The molecule has 0 bridgehead atoms. The van der Waals surface area contributed by atoms with Gasteiger partial charge in [-0.25, -0.2) is 0 Å². The molecule has 0 saturated carbocycles. The number of aliphatic hydroxyl groups is 7. The van der Waals surface area contributed by atoms with E-state index in [-0.39, 0.29) is 6.61 Å². The Kier molecular flexibility index (Phi) is 7.71. The summed E-state index contributed by atoms with van der Waals surface area (Å²) < 4.78 is 20.9. The van der Waals surface area contributed by atoms with E-state index in [0.717, 1.165) is 0 Å². The van der Waals surface area contributed by atoms with Crippen LogP contribution in [0, 0.1) is 12.3 Å². The first kappa shape index (κ1) is 21.4. The SMILES string of the molecule is C#CCO[C@H]1O[C@H](CO)[C@@H](O[C@@H]2O[C@H](CO)[C@H](O)[C@H](O)[C@H]2O)[C@H](O)[C@H]1O. The second-order valence-corrected chi connectivity index (χ2v) is 6.02. The Labute approximate surface area is 149 Å². The first-order chi connectivity index (χ1) is 12.3. The summed E-state index contributed by atoms with van der Waals surface area (Å²) in [5.41, 5.74) is 0. The van der Waals surface area contributed by atoms with Gasteiger partial charge >= 0.3 is 0 Å². The summed E-state index contributed by atoms with van der Waals surface area (Å²) in [5.74, 6) is 2.17. The lowest BCUT2D eigenvalue weighted by Gasteiger charge is -2.45. The third-order valence-electron chi connectivity index (χ3n) is 4.29. The van der Waals surface area contributed by atoms with E-state index in [2.05, 4.69) is 5.92 Å². The van der Waals surface area contributed by atoms with Gasteiger partial charge in [0.2, 0.25) is 0 Å². The maximum atomic E-state index is 10.3. The number of ether oxygens (including phenoxy) is 4. The zero-order valence-electron chi connectivity index (χ0n) is 13.7. The molecule has 2 rings (SSSR count). The zero-order valence-corrected chi connectivity index (χ0v) is 13.7. The summed E-state index contributed by atoms with van der Waals surface area (Å²) >= 11 is 0. The Morgan fingerprint density at radius 3 is 1.92 bits per heavy atom. The molecule has 2 aliphatic heterocycles. The molecule has 26 heavy (non-hydrogen) atoms. The first-order valence-corrected chi connectivity index (χ1v) is 7.99. The minimum Gasteiger partial charge on any atom is -0.394 e. The lowest BCUT2D eigenvalue weighted by molar-refractivity contribution is -0.358. The fraction of sp³-hybridized carbons (Fsp3) is 0.867. The molecule has 0 unspecified atom stereocenters. The van der Waals surface area contributed by atoms with Gasteiger partial charge in [-0.1, -0.05) is 5.92 Å². The van der Waals surface area contributed by atoms with E-state index in [1.165, 1.54) is 0 Å². The Morgan fingerprint density at radius 1 is 0.769 bits per heavy atom. The summed E-state index contributed by atoms with van der Waals surface area (Å²) in [7, 11) is 0. The highest BCUT2D eigenvalue weighted by Crippen LogP contribution is 2.29. The van der Waals surface area contributed by atoms with Gasteiger partial charge in [-0.3, -0.25) is 0 Å². The molecule has 2 heterocycles. The van der Waals surface area contributed by atoms with Crippen molar-refractivity contribution in [2.24, 2.45) is 0 Å². The van der Waals surface area contributed by atoms with Crippen LogP contribution in [0.15, 0.2) is 0 Å². The monoisotopic (exact) mass is 380 g/mol. The van der Waals surface area contributed by atoms with Crippen LogP contribution < -0.4 is 0 Å². The molecule has 0 spiro atoms. The molecule has 0 aromatic heterocycles. The average Bonchev–Trinajstić information content (AvgIpc) is 2.64. The molecular formula is C15H24O11. The molecular weight excluding hydrogens is 356 g/mol. The second-order valence-electron chi connectivity index (χ2n) is 6.02. The van der Waals surface area contributed by atoms with Crippen molar-refractivity contribution >= 4 is 0 Å². The predicted octanol–water partition coefficient (Wildman–Crippen LogP) is -4.74. The molecule has 150 valence electrons. The number of terminal acetylenes is 1. The van der Waals surface area contributed by atoms with E-state index in [0.29, 0.717) is 0 Å².